The second kappa shape index (κ2) is 8.20. The fourth-order valence-corrected chi connectivity index (χ4v) is 2.79. The van der Waals surface area contributed by atoms with Crippen molar-refractivity contribution in [2.75, 3.05) is 0 Å². The smallest absolute Gasteiger partial charge is 0.135 e. The Morgan fingerprint density at radius 1 is 1.00 bits per heavy atom. The topological polar surface area (TPSA) is 12.9 Å². The van der Waals surface area contributed by atoms with Gasteiger partial charge in [-0.25, -0.2) is 13.8 Å². The molecule has 1 heterocycles. The van der Waals surface area contributed by atoms with Crippen LogP contribution in [0.2, 0.25) is 10.0 Å². The van der Waals surface area contributed by atoms with E-state index in [0.29, 0.717) is 20.7 Å². The molecular weight excluding hydrogens is 359 g/mol. The number of rotatable bonds is 2. The zero-order valence-corrected chi connectivity index (χ0v) is 14.1. The van der Waals surface area contributed by atoms with Crippen molar-refractivity contribution in [3.63, 3.8) is 0 Å². The zero-order valence-electron chi connectivity index (χ0n) is 11.8. The van der Waals surface area contributed by atoms with Crippen LogP contribution in [-0.2, 0) is 0 Å². The minimum Gasteiger partial charge on any atom is -0.237 e. The van der Waals surface area contributed by atoms with Gasteiger partial charge < -0.3 is 0 Å². The highest BCUT2D eigenvalue weighted by Gasteiger charge is 2.13. The molecule has 0 radical (unpaired) electrons. The summed E-state index contributed by atoms with van der Waals surface area (Å²) in [7, 11) is 0. The Kier molecular flexibility index (Phi) is 6.28. The summed E-state index contributed by atoms with van der Waals surface area (Å²) in [5.74, 6) is -1.20. The molecule has 0 saturated heterocycles. The zero-order chi connectivity index (χ0) is 16.8. The van der Waals surface area contributed by atoms with Gasteiger partial charge in [-0.05, 0) is 36.4 Å². The number of aromatic nitrogens is 1. The van der Waals surface area contributed by atoms with Gasteiger partial charge in [0.2, 0.25) is 0 Å². The Morgan fingerprint density at radius 3 is 2.00 bits per heavy atom. The quantitative estimate of drug-likeness (QED) is 0.488. The summed E-state index contributed by atoms with van der Waals surface area (Å²) in [6.45, 7) is 3.54. The Hall–Kier alpha value is -1.75. The highest BCUT2D eigenvalue weighted by molar-refractivity contribution is 7.10. The van der Waals surface area contributed by atoms with Crippen LogP contribution in [0.15, 0.2) is 54.4 Å². The molecule has 1 nitrogen and oxygen atoms in total. The first-order chi connectivity index (χ1) is 11.0. The molecule has 0 saturated carbocycles. The predicted molar refractivity (Wildman–Crippen MR) is 94.0 cm³/mol. The average Bonchev–Trinajstić information content (AvgIpc) is 2.96. The number of nitrogens with zero attached hydrogens (tertiary/aromatic N) is 1. The van der Waals surface area contributed by atoms with Crippen molar-refractivity contribution in [2.24, 2.45) is 0 Å². The summed E-state index contributed by atoms with van der Waals surface area (Å²) in [5, 5.41) is 3.61. The number of benzene rings is 2. The van der Waals surface area contributed by atoms with Crippen molar-refractivity contribution in [2.45, 2.75) is 0 Å². The summed E-state index contributed by atoms with van der Waals surface area (Å²) in [5.41, 5.74) is 0.229. The molecular formula is C17H11Cl2F2NS. The van der Waals surface area contributed by atoms with Gasteiger partial charge in [-0.1, -0.05) is 41.9 Å². The SMILES string of the molecule is C=Cc1nc(-c2c(F)cccc2F)cs1.Clc1cccc(Cl)c1. The third-order valence-corrected chi connectivity index (χ3v) is 4.01. The fraction of sp³-hybridized carbons (Fsp3) is 0. The summed E-state index contributed by atoms with van der Waals surface area (Å²) in [6.07, 6.45) is 1.55. The molecule has 1 aromatic heterocycles. The molecule has 0 atom stereocenters. The van der Waals surface area contributed by atoms with E-state index in [1.165, 1.54) is 29.5 Å². The molecule has 0 aliphatic carbocycles. The Bertz CT molecular complexity index is 780. The van der Waals surface area contributed by atoms with Crippen molar-refractivity contribution < 1.29 is 8.78 Å². The van der Waals surface area contributed by atoms with Gasteiger partial charge in [0, 0.05) is 15.4 Å². The summed E-state index contributed by atoms with van der Waals surface area (Å²) in [6, 6.07) is 10.8. The van der Waals surface area contributed by atoms with Crippen LogP contribution in [0.3, 0.4) is 0 Å². The van der Waals surface area contributed by atoms with E-state index in [4.69, 9.17) is 23.2 Å². The van der Waals surface area contributed by atoms with Crippen molar-refractivity contribution in [1.29, 1.82) is 0 Å². The molecule has 0 spiro atoms. The van der Waals surface area contributed by atoms with Crippen molar-refractivity contribution in [3.05, 3.63) is 81.1 Å². The first-order valence-electron chi connectivity index (χ1n) is 6.44. The van der Waals surface area contributed by atoms with Gasteiger partial charge in [0.05, 0.1) is 11.3 Å². The predicted octanol–water partition coefficient (Wildman–Crippen LogP) is 6.72. The third-order valence-electron chi connectivity index (χ3n) is 2.70. The van der Waals surface area contributed by atoms with Crippen LogP contribution >= 0.6 is 34.5 Å². The van der Waals surface area contributed by atoms with Gasteiger partial charge >= 0.3 is 0 Å². The van der Waals surface area contributed by atoms with E-state index in [1.807, 2.05) is 6.07 Å². The lowest BCUT2D eigenvalue weighted by molar-refractivity contribution is 0.589. The number of thiazole rings is 1. The third kappa shape index (κ3) is 4.86. The highest BCUT2D eigenvalue weighted by Crippen LogP contribution is 2.27. The molecule has 0 unspecified atom stereocenters. The number of halogens is 4. The summed E-state index contributed by atoms with van der Waals surface area (Å²) < 4.78 is 26.7. The van der Waals surface area contributed by atoms with E-state index in [2.05, 4.69) is 11.6 Å². The van der Waals surface area contributed by atoms with E-state index in [1.54, 1.807) is 29.7 Å². The molecule has 6 heteroatoms. The van der Waals surface area contributed by atoms with Crippen LogP contribution in [0.4, 0.5) is 8.78 Å². The monoisotopic (exact) mass is 369 g/mol. The minimum absolute atomic E-state index is 0.0816. The van der Waals surface area contributed by atoms with Gasteiger partial charge in [-0.3, -0.25) is 0 Å². The molecule has 3 aromatic rings. The second-order valence-corrected chi connectivity index (χ2v) is 6.07. The van der Waals surface area contributed by atoms with E-state index in [-0.39, 0.29) is 5.56 Å². The van der Waals surface area contributed by atoms with Crippen molar-refractivity contribution in [3.8, 4) is 11.3 Å². The number of hydrogen-bond donors (Lipinski definition) is 0. The Balaban J connectivity index is 0.000000203. The van der Waals surface area contributed by atoms with E-state index >= 15 is 0 Å². The van der Waals surface area contributed by atoms with E-state index in [0.717, 1.165) is 0 Å². The molecule has 118 valence electrons. The van der Waals surface area contributed by atoms with E-state index in [9.17, 15) is 8.78 Å². The molecule has 0 amide bonds. The molecule has 3 rings (SSSR count). The van der Waals surface area contributed by atoms with Gasteiger partial charge in [-0.2, -0.15) is 0 Å². The van der Waals surface area contributed by atoms with E-state index < -0.39 is 11.6 Å². The van der Waals surface area contributed by atoms with Crippen LogP contribution in [-0.4, -0.2) is 4.98 Å². The van der Waals surface area contributed by atoms with Crippen LogP contribution < -0.4 is 0 Å². The van der Waals surface area contributed by atoms with Crippen molar-refractivity contribution >= 4 is 40.6 Å². The maximum Gasteiger partial charge on any atom is 0.135 e. The van der Waals surface area contributed by atoms with Crippen LogP contribution in [0.25, 0.3) is 17.3 Å². The minimum atomic E-state index is -0.601. The summed E-state index contributed by atoms with van der Waals surface area (Å²) in [4.78, 5) is 4.04. The van der Waals surface area contributed by atoms with Gasteiger partial charge in [0.1, 0.15) is 16.6 Å². The first-order valence-corrected chi connectivity index (χ1v) is 8.08. The van der Waals surface area contributed by atoms with Gasteiger partial charge in [0.15, 0.2) is 0 Å². The maximum absolute atomic E-state index is 13.3. The standard InChI is InChI=1S/C11H7F2NS.C6H4Cl2/c1-2-10-14-9(6-15-10)11-7(12)4-3-5-8(11)13;7-5-2-1-3-6(8)4-5/h2-6H,1H2;1-4H. The molecule has 0 fully saturated rings. The molecule has 0 aliphatic rings. The molecule has 0 aliphatic heterocycles. The van der Waals surface area contributed by atoms with Crippen LogP contribution in [0.5, 0.6) is 0 Å². The lowest BCUT2D eigenvalue weighted by Crippen LogP contribution is -1.89. The molecule has 23 heavy (non-hydrogen) atoms. The van der Waals surface area contributed by atoms with Gasteiger partial charge in [0.25, 0.3) is 0 Å². The summed E-state index contributed by atoms with van der Waals surface area (Å²) >= 11 is 12.4. The number of hydrogen-bond acceptors (Lipinski definition) is 2. The molecule has 2 aromatic carbocycles. The van der Waals surface area contributed by atoms with Crippen LogP contribution in [0.1, 0.15) is 5.01 Å². The lowest BCUT2D eigenvalue weighted by Gasteiger charge is -1.99. The maximum atomic E-state index is 13.3. The largest absolute Gasteiger partial charge is 0.237 e. The fourth-order valence-electron chi connectivity index (χ4n) is 1.70. The van der Waals surface area contributed by atoms with Crippen LogP contribution in [0, 0.1) is 11.6 Å². The second-order valence-electron chi connectivity index (χ2n) is 4.31. The Morgan fingerprint density at radius 2 is 1.57 bits per heavy atom. The normalized spacial score (nSPS) is 9.91. The first kappa shape index (κ1) is 17.6. The van der Waals surface area contributed by atoms with Gasteiger partial charge in [-0.15, -0.1) is 11.3 Å². The van der Waals surface area contributed by atoms with Crippen molar-refractivity contribution in [1.82, 2.24) is 4.98 Å². The Labute approximate surface area is 146 Å². The molecule has 0 bridgehead atoms. The highest BCUT2D eigenvalue weighted by atomic mass is 35.5. The molecule has 0 N–H and O–H groups in total. The lowest BCUT2D eigenvalue weighted by atomic mass is 10.1. The average molecular weight is 370 g/mol.